The van der Waals surface area contributed by atoms with Crippen molar-refractivity contribution in [3.8, 4) is 0 Å². The lowest BCUT2D eigenvalue weighted by Crippen LogP contribution is -2.51. The summed E-state index contributed by atoms with van der Waals surface area (Å²) in [6.45, 7) is 1.72. The SMILES string of the molecule is O=C(O)C1NNC2NC3CCC(S(=O)(=O)N4CCOCC4)CC3C21. The molecule has 6 unspecified atom stereocenters. The predicted molar refractivity (Wildman–Crippen MR) is 84.3 cm³/mol. The maximum atomic E-state index is 12.9. The second-order valence-corrected chi connectivity index (χ2v) is 9.30. The molecule has 10 heteroatoms. The third kappa shape index (κ3) is 2.65. The molecule has 0 radical (unpaired) electrons. The van der Waals surface area contributed by atoms with Gasteiger partial charge >= 0.3 is 5.97 Å². The summed E-state index contributed by atoms with van der Waals surface area (Å²) in [6, 6.07) is -0.491. The van der Waals surface area contributed by atoms with Crippen LogP contribution >= 0.6 is 0 Å². The number of morpholine rings is 1. The Morgan fingerprint density at radius 2 is 1.92 bits per heavy atom. The van der Waals surface area contributed by atoms with Crippen LogP contribution in [0.25, 0.3) is 0 Å². The highest BCUT2D eigenvalue weighted by Gasteiger charge is 2.55. The Kier molecular flexibility index (Phi) is 4.30. The van der Waals surface area contributed by atoms with Gasteiger partial charge in [-0.05, 0) is 25.2 Å². The molecule has 3 aliphatic heterocycles. The number of carboxylic acid groups (broad SMARTS) is 1. The number of aliphatic carboxylic acids is 1. The van der Waals surface area contributed by atoms with Crippen molar-refractivity contribution in [3.05, 3.63) is 0 Å². The second-order valence-electron chi connectivity index (χ2n) is 7.09. The van der Waals surface area contributed by atoms with Gasteiger partial charge in [0.2, 0.25) is 10.0 Å². The molecule has 0 aromatic rings. The zero-order chi connectivity index (χ0) is 16.9. The zero-order valence-corrected chi connectivity index (χ0v) is 14.2. The van der Waals surface area contributed by atoms with Crippen molar-refractivity contribution in [1.29, 1.82) is 0 Å². The van der Waals surface area contributed by atoms with E-state index >= 15 is 0 Å². The molecular formula is C14H24N4O5S. The summed E-state index contributed by atoms with van der Waals surface area (Å²) >= 11 is 0. The topological polar surface area (TPSA) is 120 Å². The minimum atomic E-state index is -3.35. The van der Waals surface area contributed by atoms with Crippen LogP contribution < -0.4 is 16.2 Å². The third-order valence-electron chi connectivity index (χ3n) is 5.92. The molecule has 0 bridgehead atoms. The van der Waals surface area contributed by atoms with Crippen molar-refractivity contribution >= 4 is 16.0 Å². The number of hydrogen-bond acceptors (Lipinski definition) is 7. The zero-order valence-electron chi connectivity index (χ0n) is 13.3. The van der Waals surface area contributed by atoms with Gasteiger partial charge in [-0.25, -0.2) is 19.3 Å². The summed E-state index contributed by atoms with van der Waals surface area (Å²) in [4.78, 5) is 11.5. The minimum Gasteiger partial charge on any atom is -0.480 e. The van der Waals surface area contributed by atoms with Crippen LogP contribution in [0.5, 0.6) is 0 Å². The Morgan fingerprint density at radius 3 is 2.62 bits per heavy atom. The molecule has 9 nitrogen and oxygen atoms in total. The number of rotatable bonds is 3. The van der Waals surface area contributed by atoms with E-state index in [0.717, 1.165) is 6.42 Å². The molecule has 0 aromatic heterocycles. The van der Waals surface area contributed by atoms with Crippen LogP contribution in [0, 0.1) is 11.8 Å². The average Bonchev–Trinajstić information content (AvgIpc) is 3.14. The van der Waals surface area contributed by atoms with E-state index in [9.17, 15) is 18.3 Å². The average molecular weight is 360 g/mol. The fourth-order valence-electron chi connectivity index (χ4n) is 4.75. The molecule has 0 amide bonds. The van der Waals surface area contributed by atoms with Crippen molar-refractivity contribution in [2.45, 2.75) is 42.8 Å². The van der Waals surface area contributed by atoms with Gasteiger partial charge in [-0.1, -0.05) is 0 Å². The lowest BCUT2D eigenvalue weighted by Gasteiger charge is -2.37. The molecule has 3 heterocycles. The smallest absolute Gasteiger partial charge is 0.322 e. The summed E-state index contributed by atoms with van der Waals surface area (Å²) in [5, 5.41) is 12.4. The number of carbonyl (C=O) groups is 1. The van der Waals surface area contributed by atoms with Crippen LogP contribution in [0.3, 0.4) is 0 Å². The van der Waals surface area contributed by atoms with Crippen molar-refractivity contribution in [2.75, 3.05) is 26.3 Å². The van der Waals surface area contributed by atoms with Crippen molar-refractivity contribution in [2.24, 2.45) is 11.8 Å². The van der Waals surface area contributed by atoms with Crippen LogP contribution in [0.15, 0.2) is 0 Å². The highest BCUT2D eigenvalue weighted by atomic mass is 32.2. The second kappa shape index (κ2) is 6.19. The lowest BCUT2D eigenvalue weighted by atomic mass is 9.76. The van der Waals surface area contributed by atoms with E-state index in [4.69, 9.17) is 4.74 Å². The normalized spacial score (nSPS) is 43.3. The molecule has 136 valence electrons. The lowest BCUT2D eigenvalue weighted by molar-refractivity contribution is -0.140. The van der Waals surface area contributed by atoms with E-state index in [-0.39, 0.29) is 24.0 Å². The Balaban J connectivity index is 1.52. The number of sulfonamides is 1. The minimum absolute atomic E-state index is 0.0492. The maximum Gasteiger partial charge on any atom is 0.322 e. The number of fused-ring (bicyclic) bond motifs is 3. The summed E-state index contributed by atoms with van der Waals surface area (Å²) in [5.41, 5.74) is 5.82. The van der Waals surface area contributed by atoms with Crippen LogP contribution in [-0.2, 0) is 19.6 Å². The number of nitrogens with one attached hydrogen (secondary N) is 3. The molecule has 4 rings (SSSR count). The summed E-state index contributed by atoms with van der Waals surface area (Å²) in [5.74, 6) is -0.973. The van der Waals surface area contributed by atoms with Crippen molar-refractivity contribution < 1.29 is 23.1 Å². The van der Waals surface area contributed by atoms with E-state index in [0.29, 0.717) is 39.1 Å². The molecule has 0 spiro atoms. The van der Waals surface area contributed by atoms with Gasteiger partial charge < -0.3 is 9.84 Å². The van der Waals surface area contributed by atoms with E-state index in [2.05, 4.69) is 16.2 Å². The number of nitrogens with zero attached hydrogens (tertiary/aromatic N) is 1. The fraction of sp³-hybridized carbons (Fsp3) is 0.929. The summed E-state index contributed by atoms with van der Waals surface area (Å²) in [6.07, 6.45) is 1.80. The largest absolute Gasteiger partial charge is 0.480 e. The summed E-state index contributed by atoms with van der Waals surface area (Å²) in [7, 11) is -3.35. The van der Waals surface area contributed by atoms with Gasteiger partial charge in [0.25, 0.3) is 0 Å². The molecule has 6 atom stereocenters. The molecule has 4 fully saturated rings. The van der Waals surface area contributed by atoms with Gasteiger partial charge in [-0.2, -0.15) is 4.31 Å². The molecule has 1 aliphatic carbocycles. The van der Waals surface area contributed by atoms with Crippen LogP contribution in [0.4, 0.5) is 0 Å². The number of hydrazine groups is 1. The van der Waals surface area contributed by atoms with E-state index < -0.39 is 27.3 Å². The quantitative estimate of drug-likeness (QED) is 0.470. The van der Waals surface area contributed by atoms with Crippen molar-refractivity contribution in [3.63, 3.8) is 0 Å². The number of ether oxygens (including phenoxy) is 1. The van der Waals surface area contributed by atoms with Gasteiger partial charge in [0.15, 0.2) is 0 Å². The first-order valence-corrected chi connectivity index (χ1v) is 10.1. The first-order chi connectivity index (χ1) is 11.5. The highest BCUT2D eigenvalue weighted by Crippen LogP contribution is 2.42. The van der Waals surface area contributed by atoms with Crippen LogP contribution in [-0.4, -0.2) is 73.6 Å². The maximum absolute atomic E-state index is 12.9. The molecule has 3 saturated heterocycles. The van der Waals surface area contributed by atoms with E-state index in [1.54, 1.807) is 4.31 Å². The molecule has 0 aromatic carbocycles. The fourth-order valence-corrected chi connectivity index (χ4v) is 6.73. The molecule has 1 saturated carbocycles. The first kappa shape index (κ1) is 16.7. The number of hydrogen-bond donors (Lipinski definition) is 4. The predicted octanol–water partition coefficient (Wildman–Crippen LogP) is -1.71. The molecule has 24 heavy (non-hydrogen) atoms. The Labute approximate surface area is 141 Å². The Hall–Kier alpha value is -0.780. The number of carboxylic acids is 1. The van der Waals surface area contributed by atoms with Gasteiger partial charge in [0, 0.05) is 25.0 Å². The van der Waals surface area contributed by atoms with Gasteiger partial charge in [0.1, 0.15) is 6.04 Å². The van der Waals surface area contributed by atoms with Crippen LogP contribution in [0.1, 0.15) is 19.3 Å². The summed E-state index contributed by atoms with van der Waals surface area (Å²) < 4.78 is 32.7. The van der Waals surface area contributed by atoms with E-state index in [1.807, 2.05) is 0 Å². The van der Waals surface area contributed by atoms with E-state index in [1.165, 1.54) is 0 Å². The Bertz CT molecular complexity index is 608. The molecule has 4 N–H and O–H groups in total. The van der Waals surface area contributed by atoms with Crippen molar-refractivity contribution in [1.82, 2.24) is 20.5 Å². The van der Waals surface area contributed by atoms with Crippen LogP contribution in [0.2, 0.25) is 0 Å². The first-order valence-electron chi connectivity index (χ1n) is 8.55. The standard InChI is InChI=1S/C14H24N4O5S/c19-14(20)12-11-9-7-8(1-2-10(9)15-13(11)17-16-12)24(21,22)18-3-5-23-6-4-18/h8-13,15-17H,1-7H2,(H,19,20). The molecular weight excluding hydrogens is 336 g/mol. The van der Waals surface area contributed by atoms with Gasteiger partial charge in [-0.3, -0.25) is 10.1 Å². The molecule has 4 aliphatic rings. The monoisotopic (exact) mass is 360 g/mol. The van der Waals surface area contributed by atoms with Gasteiger partial charge in [-0.15, -0.1) is 0 Å². The Morgan fingerprint density at radius 1 is 1.17 bits per heavy atom. The van der Waals surface area contributed by atoms with Gasteiger partial charge in [0.05, 0.1) is 24.6 Å². The third-order valence-corrected chi connectivity index (χ3v) is 8.28. The highest BCUT2D eigenvalue weighted by molar-refractivity contribution is 7.89.